The van der Waals surface area contributed by atoms with Crippen molar-refractivity contribution < 1.29 is 42.1 Å². The molecule has 10 heteroatoms. The van der Waals surface area contributed by atoms with E-state index in [1.807, 2.05) is 21.1 Å². The van der Waals surface area contributed by atoms with Gasteiger partial charge in [0.05, 0.1) is 27.7 Å². The number of nitrogens with zero attached hydrogens (tertiary/aromatic N) is 1. The molecule has 2 atom stereocenters. The number of hydrogen-bond acceptors (Lipinski definition) is 7. The first-order chi connectivity index (χ1) is 38.0. The summed E-state index contributed by atoms with van der Waals surface area (Å²) >= 11 is 0. The summed E-state index contributed by atoms with van der Waals surface area (Å²) in [5.74, 6) is -0.798. The topological polar surface area (TPSA) is 108 Å². The molecule has 9 nitrogen and oxygen atoms in total. The Kier molecular flexibility index (Phi) is 56.7. The summed E-state index contributed by atoms with van der Waals surface area (Å²) in [7, 11) is 1.47. The molecule has 0 aromatic heterocycles. The maximum atomic E-state index is 12.8. The Morgan fingerprint density at radius 3 is 1.09 bits per heavy atom. The molecule has 0 heterocycles. The molecule has 0 fully saturated rings. The van der Waals surface area contributed by atoms with E-state index in [4.69, 9.17) is 18.5 Å². The number of esters is 2. The predicted octanol–water partition coefficient (Wildman–Crippen LogP) is 20.6. The summed E-state index contributed by atoms with van der Waals surface area (Å²) in [4.78, 5) is 35.8. The molecule has 0 aromatic carbocycles. The van der Waals surface area contributed by atoms with Gasteiger partial charge in [-0.15, -0.1) is 0 Å². The van der Waals surface area contributed by atoms with Gasteiger partial charge in [0.15, 0.2) is 6.10 Å². The van der Waals surface area contributed by atoms with Crippen LogP contribution in [0.3, 0.4) is 0 Å². The number of phosphoric ester groups is 1. The fraction of sp³-hybridized carbons (Fsp3) is 0.765. The summed E-state index contributed by atoms with van der Waals surface area (Å²) in [5.41, 5.74) is 0. The summed E-state index contributed by atoms with van der Waals surface area (Å²) < 4.78 is 34.7. The van der Waals surface area contributed by atoms with Crippen LogP contribution in [0, 0.1) is 0 Å². The second kappa shape index (κ2) is 58.8. The molecule has 1 N–H and O–H groups in total. The number of ether oxygens (including phenoxy) is 2. The van der Waals surface area contributed by atoms with Crippen LogP contribution in [0.1, 0.15) is 284 Å². The standard InChI is InChI=1S/C68H122NO8P/c1-6-8-10-12-14-16-18-20-22-24-26-28-30-32-33-34-35-37-38-40-42-44-46-48-50-52-54-56-58-60-67(70)74-64-66(65-76-78(72,73)75-63-62-69(3,4)5)77-68(71)61-59-57-55-53-51-49-47-45-43-41-39-36-31-29-27-25-23-21-19-17-15-13-11-9-7-2/h9,11,15,17-18,20-21,23-24,26-27,29,36,39,66H,6-8,10,12-14,16,19,22,25,28,30-35,37-38,40-65H2,1-5H3/p+1/b11-9-,17-15-,20-18-,23-21-,26-24-,29-27-,39-36-. The number of hydrogen-bond donors (Lipinski definition) is 1. The highest BCUT2D eigenvalue weighted by atomic mass is 31.2. The Hall–Kier alpha value is -2.81. The van der Waals surface area contributed by atoms with Crippen LogP contribution in [-0.4, -0.2) is 74.9 Å². The average Bonchev–Trinajstić information content (AvgIpc) is 3.40. The molecule has 0 bridgehead atoms. The largest absolute Gasteiger partial charge is 0.472 e. The van der Waals surface area contributed by atoms with E-state index in [0.717, 1.165) is 83.5 Å². The number of allylic oxidation sites excluding steroid dienone is 14. The van der Waals surface area contributed by atoms with Crippen LogP contribution in [0.2, 0.25) is 0 Å². The zero-order chi connectivity index (χ0) is 57.0. The van der Waals surface area contributed by atoms with Gasteiger partial charge in [0, 0.05) is 12.8 Å². The lowest BCUT2D eigenvalue weighted by molar-refractivity contribution is -0.870. The highest BCUT2D eigenvalue weighted by molar-refractivity contribution is 7.47. The van der Waals surface area contributed by atoms with Crippen LogP contribution in [0.5, 0.6) is 0 Å². The van der Waals surface area contributed by atoms with Crippen molar-refractivity contribution in [2.45, 2.75) is 290 Å². The number of likely N-dealkylation sites (N-methyl/N-ethyl adjacent to an activating group) is 1. The Labute approximate surface area is 481 Å². The lowest BCUT2D eigenvalue weighted by Crippen LogP contribution is -2.37. The molecule has 0 aliphatic rings. The molecule has 0 spiro atoms. The lowest BCUT2D eigenvalue weighted by Gasteiger charge is -2.24. The zero-order valence-corrected chi connectivity index (χ0v) is 52.3. The van der Waals surface area contributed by atoms with Crippen molar-refractivity contribution in [3.63, 3.8) is 0 Å². The van der Waals surface area contributed by atoms with Gasteiger partial charge in [0.2, 0.25) is 0 Å². The van der Waals surface area contributed by atoms with Crippen LogP contribution < -0.4 is 0 Å². The Morgan fingerprint density at radius 1 is 0.410 bits per heavy atom. The number of rotatable bonds is 59. The van der Waals surface area contributed by atoms with Crippen LogP contribution in [-0.2, 0) is 32.7 Å². The molecule has 0 aliphatic heterocycles. The Balaban J connectivity index is 4.10. The minimum absolute atomic E-state index is 0.0279. The van der Waals surface area contributed by atoms with Crippen molar-refractivity contribution in [2.24, 2.45) is 0 Å². The highest BCUT2D eigenvalue weighted by Crippen LogP contribution is 2.43. The fourth-order valence-corrected chi connectivity index (χ4v) is 9.70. The third-order valence-corrected chi connectivity index (χ3v) is 14.9. The molecule has 0 saturated carbocycles. The number of phosphoric acid groups is 1. The van der Waals surface area contributed by atoms with Gasteiger partial charge in [0.1, 0.15) is 19.8 Å². The normalized spacial score (nSPS) is 13.8. The number of carbonyl (C=O) groups excluding carboxylic acids is 2. The number of carbonyl (C=O) groups is 2. The second-order valence-corrected chi connectivity index (χ2v) is 24.2. The third-order valence-electron chi connectivity index (χ3n) is 13.9. The van der Waals surface area contributed by atoms with Crippen molar-refractivity contribution >= 4 is 19.8 Å². The van der Waals surface area contributed by atoms with E-state index in [1.165, 1.54) is 167 Å². The molecule has 0 radical (unpaired) electrons. The first kappa shape index (κ1) is 75.2. The van der Waals surface area contributed by atoms with E-state index in [-0.39, 0.29) is 32.0 Å². The smallest absolute Gasteiger partial charge is 0.462 e. The van der Waals surface area contributed by atoms with Crippen molar-refractivity contribution in [1.82, 2.24) is 0 Å². The molecule has 0 rings (SSSR count). The van der Waals surface area contributed by atoms with Gasteiger partial charge in [-0.05, 0) is 89.9 Å². The maximum absolute atomic E-state index is 12.8. The van der Waals surface area contributed by atoms with Gasteiger partial charge in [0.25, 0.3) is 0 Å². The fourth-order valence-electron chi connectivity index (χ4n) is 8.96. The quantitative estimate of drug-likeness (QED) is 0.0211. The number of quaternary nitrogens is 1. The molecule has 2 unspecified atom stereocenters. The van der Waals surface area contributed by atoms with E-state index in [1.54, 1.807) is 0 Å². The minimum atomic E-state index is -4.39. The first-order valence-electron chi connectivity index (χ1n) is 32.3. The van der Waals surface area contributed by atoms with Gasteiger partial charge in [-0.2, -0.15) is 0 Å². The lowest BCUT2D eigenvalue weighted by atomic mass is 10.0. The van der Waals surface area contributed by atoms with E-state index in [9.17, 15) is 19.0 Å². The van der Waals surface area contributed by atoms with Crippen molar-refractivity contribution in [3.05, 3.63) is 85.1 Å². The molecule has 0 amide bonds. The second-order valence-electron chi connectivity index (χ2n) is 22.8. The molecule has 78 heavy (non-hydrogen) atoms. The minimum Gasteiger partial charge on any atom is -0.462 e. The molecular weight excluding hydrogens is 990 g/mol. The summed E-state index contributed by atoms with van der Waals surface area (Å²) in [6.45, 7) is 4.33. The van der Waals surface area contributed by atoms with Crippen molar-refractivity contribution in [2.75, 3.05) is 47.5 Å². The highest BCUT2D eigenvalue weighted by Gasteiger charge is 2.27. The SMILES string of the molecule is CC/C=C\C/C=C\C/C=C\C/C=C\C/C=C\CCCCCCCCCCCC(=O)OC(COC(=O)CCCCCCCCCCCCCCCCCCC/C=C\C/C=C\CCCCCCC)COP(=O)(O)OCC[N+](C)(C)C. The van der Waals surface area contributed by atoms with Gasteiger partial charge in [-0.25, -0.2) is 4.57 Å². The van der Waals surface area contributed by atoms with Gasteiger partial charge >= 0.3 is 19.8 Å². The predicted molar refractivity (Wildman–Crippen MR) is 335 cm³/mol. The van der Waals surface area contributed by atoms with Gasteiger partial charge in [-0.1, -0.05) is 266 Å². The monoisotopic (exact) mass is 1110 g/mol. The van der Waals surface area contributed by atoms with Crippen molar-refractivity contribution in [3.8, 4) is 0 Å². The van der Waals surface area contributed by atoms with Crippen LogP contribution in [0.4, 0.5) is 0 Å². The maximum Gasteiger partial charge on any atom is 0.472 e. The summed E-state index contributed by atoms with van der Waals surface area (Å²) in [6.07, 6.45) is 79.5. The van der Waals surface area contributed by atoms with Crippen LogP contribution in [0.25, 0.3) is 0 Å². The Morgan fingerprint density at radius 2 is 0.731 bits per heavy atom. The van der Waals surface area contributed by atoms with E-state index in [0.29, 0.717) is 17.4 Å². The van der Waals surface area contributed by atoms with E-state index >= 15 is 0 Å². The first-order valence-corrected chi connectivity index (χ1v) is 33.8. The zero-order valence-electron chi connectivity index (χ0n) is 51.4. The van der Waals surface area contributed by atoms with Gasteiger partial charge < -0.3 is 18.9 Å². The van der Waals surface area contributed by atoms with Gasteiger partial charge in [-0.3, -0.25) is 18.6 Å². The van der Waals surface area contributed by atoms with E-state index < -0.39 is 26.5 Å². The summed E-state index contributed by atoms with van der Waals surface area (Å²) in [5, 5.41) is 0. The average molecular weight is 1110 g/mol. The van der Waals surface area contributed by atoms with E-state index in [2.05, 4.69) is 98.9 Å². The molecule has 0 saturated heterocycles. The Bertz CT molecular complexity index is 1590. The molecule has 452 valence electrons. The number of unbranched alkanes of at least 4 members (excludes halogenated alkanes) is 31. The third kappa shape index (κ3) is 62.4. The molecule has 0 aromatic rings. The molecular formula is C68H123NO8P+. The van der Waals surface area contributed by atoms with Crippen molar-refractivity contribution in [1.29, 1.82) is 0 Å². The van der Waals surface area contributed by atoms with Crippen LogP contribution >= 0.6 is 7.82 Å². The summed E-state index contributed by atoms with van der Waals surface area (Å²) in [6, 6.07) is 0. The van der Waals surface area contributed by atoms with Crippen LogP contribution in [0.15, 0.2) is 85.1 Å². The molecule has 0 aliphatic carbocycles.